The standard InChI is InChI=1S/C32H28NS.C21H28NSi.Ir/c1-2-6-24(7-3-1)26-8-5-11-30-31(26)28-10-4-9-27(32(28)34-30)29-20-22(16-17-33-29)19-25-18-21-12-14-23(25)15-13-21;1-23(2,3)21-16-22-20(18-12-8-5-9-13-18)15-19(21)14-17-10-6-4-7-11-17;/h1-8,10-11,16-17,20-21,23,25H,12-15,18-19H2;5,8-9,12,15-17H,4,6-7,10-11,14H2,1-3H3;/q2*-1;. The summed E-state index contributed by atoms with van der Waals surface area (Å²) in [4.78, 5) is 9.60. The molecule has 1 atom stereocenters. The normalized spacial score (nSPS) is 19.4. The molecule has 0 saturated heterocycles. The topological polar surface area (TPSA) is 25.8 Å². The van der Waals surface area contributed by atoms with Crippen LogP contribution in [-0.2, 0) is 32.9 Å². The monoisotopic (exact) mass is 973 g/mol. The molecule has 4 fully saturated rings. The van der Waals surface area contributed by atoms with Gasteiger partial charge in [-0.15, -0.1) is 59.7 Å². The van der Waals surface area contributed by atoms with E-state index in [0.717, 1.165) is 46.2 Å². The molecule has 7 aromatic rings. The van der Waals surface area contributed by atoms with Crippen molar-refractivity contribution >= 4 is 44.8 Å². The van der Waals surface area contributed by atoms with Gasteiger partial charge in [-0.1, -0.05) is 136 Å². The molecule has 2 nitrogen and oxygen atoms in total. The largest absolute Gasteiger partial charge is 0.305 e. The molecule has 4 aromatic carbocycles. The maximum absolute atomic E-state index is 4.83. The van der Waals surface area contributed by atoms with Crippen molar-refractivity contribution in [2.24, 2.45) is 23.7 Å². The van der Waals surface area contributed by atoms with E-state index in [1.807, 2.05) is 29.7 Å². The Morgan fingerprint density at radius 1 is 0.724 bits per heavy atom. The van der Waals surface area contributed by atoms with Crippen LogP contribution in [-0.4, -0.2) is 18.0 Å². The van der Waals surface area contributed by atoms with E-state index in [2.05, 4.69) is 129 Å². The van der Waals surface area contributed by atoms with Gasteiger partial charge in [0.25, 0.3) is 0 Å². The van der Waals surface area contributed by atoms with Gasteiger partial charge in [-0.2, -0.15) is 11.3 Å². The predicted octanol–water partition coefficient (Wildman–Crippen LogP) is 14.2. The van der Waals surface area contributed by atoms with E-state index >= 15 is 0 Å². The summed E-state index contributed by atoms with van der Waals surface area (Å²) >= 11 is 1.87. The van der Waals surface area contributed by atoms with Crippen LogP contribution >= 0.6 is 11.3 Å². The molecular weight excluding hydrogens is 917 g/mol. The second-order valence-corrected chi connectivity index (χ2v) is 24.3. The summed E-state index contributed by atoms with van der Waals surface area (Å²) in [7, 11) is -1.36. The molecule has 11 rings (SSSR count). The van der Waals surface area contributed by atoms with Crippen LogP contribution in [0.3, 0.4) is 0 Å². The van der Waals surface area contributed by atoms with Gasteiger partial charge >= 0.3 is 0 Å². The minimum atomic E-state index is -1.36. The van der Waals surface area contributed by atoms with Crippen molar-refractivity contribution in [1.82, 2.24) is 9.97 Å². The molecule has 3 heterocycles. The third-order valence-corrected chi connectivity index (χ3v) is 16.6. The Morgan fingerprint density at radius 3 is 2.28 bits per heavy atom. The van der Waals surface area contributed by atoms with Gasteiger partial charge in [-0.3, -0.25) is 0 Å². The van der Waals surface area contributed by atoms with Crippen LogP contribution in [0.15, 0.2) is 116 Å². The van der Waals surface area contributed by atoms with Crippen LogP contribution in [0.1, 0.15) is 75.3 Å². The number of pyridine rings is 2. The smallest absolute Gasteiger partial charge is 0.0798 e. The number of thiophene rings is 1. The number of fused-ring (bicyclic) bond motifs is 6. The molecule has 0 amide bonds. The first-order valence-electron chi connectivity index (χ1n) is 21.7. The Labute approximate surface area is 365 Å². The zero-order valence-corrected chi connectivity index (χ0v) is 38.6. The first-order chi connectivity index (χ1) is 27.9. The van der Waals surface area contributed by atoms with Gasteiger partial charge in [0.1, 0.15) is 0 Å². The summed E-state index contributed by atoms with van der Waals surface area (Å²) in [5.41, 5.74) is 9.97. The molecule has 1 radical (unpaired) electrons. The molecule has 58 heavy (non-hydrogen) atoms. The van der Waals surface area contributed by atoms with Crippen molar-refractivity contribution in [3.8, 4) is 33.6 Å². The van der Waals surface area contributed by atoms with Crippen molar-refractivity contribution in [1.29, 1.82) is 0 Å². The van der Waals surface area contributed by atoms with E-state index < -0.39 is 8.07 Å². The Morgan fingerprint density at radius 2 is 1.53 bits per heavy atom. The Bertz CT molecular complexity index is 2440. The number of benzene rings is 4. The SMILES string of the molecule is C[Si](C)(C)c1cnc(-c2[c-]cccc2)cc1CC1CCCCC1.[Ir].[c-]1ccc2c(sc3cccc(-c4ccccc4)c32)c1-c1cc(CC2CC3CCC2CC3)ccn1. The molecule has 4 aliphatic carbocycles. The van der Waals surface area contributed by atoms with Crippen LogP contribution in [0.4, 0.5) is 0 Å². The third kappa shape index (κ3) is 9.04. The van der Waals surface area contributed by atoms with Crippen LogP contribution in [0.25, 0.3) is 53.8 Å². The quantitative estimate of drug-likeness (QED) is 0.112. The summed E-state index contributed by atoms with van der Waals surface area (Å²) in [5.74, 6) is 3.65. The number of nitrogens with zero attached hydrogens (tertiary/aromatic N) is 2. The van der Waals surface area contributed by atoms with Gasteiger partial charge in [0, 0.05) is 37.2 Å². The minimum Gasteiger partial charge on any atom is -0.305 e. The third-order valence-electron chi connectivity index (χ3n) is 13.3. The molecule has 0 aliphatic heterocycles. The number of aromatic nitrogens is 2. The van der Waals surface area contributed by atoms with E-state index in [4.69, 9.17) is 9.97 Å². The van der Waals surface area contributed by atoms with Crippen LogP contribution in [0.5, 0.6) is 0 Å². The van der Waals surface area contributed by atoms with Crippen LogP contribution < -0.4 is 5.19 Å². The van der Waals surface area contributed by atoms with Crippen molar-refractivity contribution < 1.29 is 20.1 Å². The summed E-state index contributed by atoms with van der Waals surface area (Å²) in [6, 6.07) is 43.7. The molecule has 2 bridgehead atoms. The van der Waals surface area contributed by atoms with E-state index in [0.29, 0.717) is 0 Å². The Kier molecular flexibility index (Phi) is 12.9. The van der Waals surface area contributed by atoms with Gasteiger partial charge in [-0.25, -0.2) is 0 Å². The van der Waals surface area contributed by atoms with Gasteiger partial charge in [-0.05, 0) is 106 Å². The fourth-order valence-electron chi connectivity index (χ4n) is 10.4. The van der Waals surface area contributed by atoms with E-state index in [1.54, 1.807) is 10.8 Å². The van der Waals surface area contributed by atoms with Crippen molar-refractivity contribution in [3.05, 3.63) is 139 Å². The molecule has 0 spiro atoms. The van der Waals surface area contributed by atoms with Gasteiger partial charge in [0.2, 0.25) is 0 Å². The van der Waals surface area contributed by atoms with Crippen molar-refractivity contribution in [2.75, 3.05) is 0 Å². The van der Waals surface area contributed by atoms with E-state index in [-0.39, 0.29) is 20.1 Å². The Balaban J connectivity index is 0.000000172. The molecule has 5 heteroatoms. The second-order valence-electron chi connectivity index (χ2n) is 18.2. The molecule has 4 aliphatic rings. The van der Waals surface area contributed by atoms with E-state index in [1.165, 1.54) is 114 Å². The maximum atomic E-state index is 4.83. The van der Waals surface area contributed by atoms with Gasteiger partial charge in [0.05, 0.1) is 8.07 Å². The second kappa shape index (κ2) is 18.3. The van der Waals surface area contributed by atoms with Gasteiger partial charge in [0.15, 0.2) is 0 Å². The molecule has 3 aromatic heterocycles. The zero-order valence-electron chi connectivity index (χ0n) is 34.4. The fourth-order valence-corrected chi connectivity index (χ4v) is 13.2. The first kappa shape index (κ1) is 41.0. The first-order valence-corrected chi connectivity index (χ1v) is 26.0. The molecular formula is C53H56IrN2SSi-2. The van der Waals surface area contributed by atoms with Crippen LogP contribution in [0.2, 0.25) is 19.6 Å². The number of hydrogen-bond donors (Lipinski definition) is 0. The van der Waals surface area contributed by atoms with Crippen LogP contribution in [0, 0.1) is 35.8 Å². The molecule has 4 saturated carbocycles. The van der Waals surface area contributed by atoms with E-state index in [9.17, 15) is 0 Å². The average Bonchev–Trinajstić information content (AvgIpc) is 3.64. The predicted molar refractivity (Wildman–Crippen MR) is 246 cm³/mol. The minimum absolute atomic E-state index is 0. The number of rotatable bonds is 8. The molecule has 0 N–H and O–H groups in total. The fraction of sp³-hybridized carbons (Fsp3) is 0.358. The molecule has 1 unspecified atom stereocenters. The summed E-state index contributed by atoms with van der Waals surface area (Å²) < 4.78 is 2.62. The summed E-state index contributed by atoms with van der Waals surface area (Å²) in [5, 5.41) is 4.20. The van der Waals surface area contributed by atoms with Crippen molar-refractivity contribution in [2.45, 2.75) is 96.7 Å². The Hall–Kier alpha value is -3.73. The van der Waals surface area contributed by atoms with Crippen molar-refractivity contribution in [3.63, 3.8) is 0 Å². The zero-order chi connectivity index (χ0) is 38.8. The molecule has 299 valence electrons. The number of hydrogen-bond acceptors (Lipinski definition) is 3. The maximum Gasteiger partial charge on any atom is 0.0798 e. The summed E-state index contributed by atoms with van der Waals surface area (Å²) in [6.07, 6.45) is 21.0. The summed E-state index contributed by atoms with van der Waals surface area (Å²) in [6.45, 7) is 7.30. The average molecular weight is 973 g/mol. The van der Waals surface area contributed by atoms with Gasteiger partial charge < -0.3 is 9.97 Å².